The van der Waals surface area contributed by atoms with E-state index in [1.807, 2.05) is 6.92 Å². The van der Waals surface area contributed by atoms with Gasteiger partial charge in [0, 0.05) is 0 Å². The third kappa shape index (κ3) is 3.57. The van der Waals surface area contributed by atoms with E-state index < -0.39 is 11.9 Å². The molecule has 1 N–H and O–H groups in total. The molecular weight excluding hydrogens is 224 g/mol. The highest BCUT2D eigenvalue weighted by atomic mass is 17.1. The van der Waals surface area contributed by atoms with Crippen LogP contribution in [0.4, 0.5) is 0 Å². The molecule has 0 aromatic heterocycles. The maximum atomic E-state index is 11.6. The van der Waals surface area contributed by atoms with E-state index >= 15 is 0 Å². The molecule has 5 heteroatoms. The summed E-state index contributed by atoms with van der Waals surface area (Å²) >= 11 is 0. The van der Waals surface area contributed by atoms with E-state index in [-0.39, 0.29) is 11.1 Å². The summed E-state index contributed by atoms with van der Waals surface area (Å²) in [7, 11) is 0. The molecule has 0 radical (unpaired) electrons. The molecule has 0 saturated heterocycles. The van der Waals surface area contributed by atoms with Crippen LogP contribution in [0, 0.1) is 0 Å². The second kappa shape index (κ2) is 6.65. The monoisotopic (exact) mass is 238 g/mol. The van der Waals surface area contributed by atoms with Gasteiger partial charge in [-0.25, -0.2) is 9.59 Å². The standard InChI is InChI=1S/C12H14O5/c1-2-3-8-16-11(13)9-6-4-5-7-10(9)12(14)17-15/h4-7,15H,2-3,8H2,1H3. The molecule has 0 fully saturated rings. The van der Waals surface area contributed by atoms with Crippen molar-refractivity contribution in [3.8, 4) is 0 Å². The molecule has 0 spiro atoms. The van der Waals surface area contributed by atoms with E-state index in [0.29, 0.717) is 6.61 Å². The van der Waals surface area contributed by atoms with E-state index in [0.717, 1.165) is 12.8 Å². The second-order valence-electron chi connectivity index (χ2n) is 3.41. The van der Waals surface area contributed by atoms with Crippen LogP contribution in [-0.2, 0) is 9.62 Å². The molecule has 0 aliphatic rings. The number of hydrogen-bond donors (Lipinski definition) is 1. The van der Waals surface area contributed by atoms with Crippen molar-refractivity contribution in [3.63, 3.8) is 0 Å². The first-order valence-corrected chi connectivity index (χ1v) is 5.32. The van der Waals surface area contributed by atoms with Crippen molar-refractivity contribution in [3.05, 3.63) is 35.4 Å². The Morgan fingerprint density at radius 3 is 2.29 bits per heavy atom. The van der Waals surface area contributed by atoms with Crippen LogP contribution >= 0.6 is 0 Å². The summed E-state index contributed by atoms with van der Waals surface area (Å²) in [5, 5.41) is 8.31. The Kier molecular flexibility index (Phi) is 5.16. The summed E-state index contributed by atoms with van der Waals surface area (Å²) in [6, 6.07) is 6.00. The van der Waals surface area contributed by atoms with Crippen LogP contribution in [0.5, 0.6) is 0 Å². The SMILES string of the molecule is CCCCOC(=O)c1ccccc1C(=O)OO. The van der Waals surface area contributed by atoms with Crippen molar-refractivity contribution in [1.29, 1.82) is 0 Å². The molecule has 0 heterocycles. The number of carbonyl (C=O) groups is 2. The molecule has 0 aliphatic carbocycles. The Hall–Kier alpha value is -1.88. The zero-order valence-corrected chi connectivity index (χ0v) is 9.51. The van der Waals surface area contributed by atoms with E-state index in [1.54, 1.807) is 12.1 Å². The Bertz CT molecular complexity index is 400. The lowest BCUT2D eigenvalue weighted by molar-refractivity contribution is -0.182. The summed E-state index contributed by atoms with van der Waals surface area (Å²) in [6.07, 6.45) is 1.67. The molecule has 0 bridgehead atoms. The van der Waals surface area contributed by atoms with Crippen molar-refractivity contribution in [2.75, 3.05) is 6.61 Å². The third-order valence-corrected chi connectivity index (χ3v) is 2.18. The molecule has 0 amide bonds. The molecule has 92 valence electrons. The molecule has 0 unspecified atom stereocenters. The number of ether oxygens (including phenoxy) is 1. The van der Waals surface area contributed by atoms with Crippen LogP contribution in [0.25, 0.3) is 0 Å². The highest BCUT2D eigenvalue weighted by Crippen LogP contribution is 2.11. The Labute approximate surface area is 98.9 Å². The first-order chi connectivity index (χ1) is 8.20. The van der Waals surface area contributed by atoms with Crippen molar-refractivity contribution < 1.29 is 24.5 Å². The fraction of sp³-hybridized carbons (Fsp3) is 0.333. The summed E-state index contributed by atoms with van der Waals surface area (Å²) in [5.41, 5.74) is 0.0687. The van der Waals surface area contributed by atoms with Crippen molar-refractivity contribution in [2.45, 2.75) is 19.8 Å². The van der Waals surface area contributed by atoms with Crippen LogP contribution < -0.4 is 0 Å². The smallest absolute Gasteiger partial charge is 0.373 e. The Balaban J connectivity index is 2.82. The van der Waals surface area contributed by atoms with Crippen molar-refractivity contribution in [2.24, 2.45) is 0 Å². The van der Waals surface area contributed by atoms with Gasteiger partial charge in [-0.1, -0.05) is 25.5 Å². The number of hydrogen-bond acceptors (Lipinski definition) is 5. The van der Waals surface area contributed by atoms with Gasteiger partial charge in [-0.2, -0.15) is 5.26 Å². The molecule has 0 saturated carbocycles. The van der Waals surface area contributed by atoms with E-state index in [9.17, 15) is 9.59 Å². The van der Waals surface area contributed by atoms with Crippen LogP contribution in [0.15, 0.2) is 24.3 Å². The fourth-order valence-corrected chi connectivity index (χ4v) is 1.28. The third-order valence-electron chi connectivity index (χ3n) is 2.18. The van der Waals surface area contributed by atoms with Gasteiger partial charge >= 0.3 is 11.9 Å². The summed E-state index contributed by atoms with van der Waals surface area (Å²) in [6.45, 7) is 2.28. The number of carbonyl (C=O) groups excluding carboxylic acids is 2. The van der Waals surface area contributed by atoms with Crippen LogP contribution in [-0.4, -0.2) is 23.8 Å². The first-order valence-electron chi connectivity index (χ1n) is 5.32. The minimum Gasteiger partial charge on any atom is -0.462 e. The number of esters is 1. The lowest BCUT2D eigenvalue weighted by Gasteiger charge is -2.06. The van der Waals surface area contributed by atoms with Gasteiger partial charge in [0.25, 0.3) is 0 Å². The van der Waals surface area contributed by atoms with Gasteiger partial charge in [0.2, 0.25) is 0 Å². The largest absolute Gasteiger partial charge is 0.462 e. The van der Waals surface area contributed by atoms with Crippen molar-refractivity contribution >= 4 is 11.9 Å². The van der Waals surface area contributed by atoms with Crippen LogP contribution in [0.2, 0.25) is 0 Å². The molecule has 1 aromatic carbocycles. The lowest BCUT2D eigenvalue weighted by atomic mass is 10.1. The highest BCUT2D eigenvalue weighted by Gasteiger charge is 2.18. The maximum absolute atomic E-state index is 11.6. The van der Waals surface area contributed by atoms with Gasteiger partial charge in [0.1, 0.15) is 0 Å². The molecule has 1 rings (SSSR count). The zero-order chi connectivity index (χ0) is 12.7. The summed E-state index contributed by atoms with van der Waals surface area (Å²) < 4.78 is 4.98. The molecule has 0 atom stereocenters. The minimum atomic E-state index is -0.979. The maximum Gasteiger partial charge on any atom is 0.373 e. The molecular formula is C12H14O5. The normalized spacial score (nSPS) is 9.76. The molecule has 17 heavy (non-hydrogen) atoms. The Morgan fingerprint density at radius 2 is 1.76 bits per heavy atom. The van der Waals surface area contributed by atoms with E-state index in [4.69, 9.17) is 9.99 Å². The number of rotatable bonds is 5. The zero-order valence-electron chi connectivity index (χ0n) is 9.51. The predicted octanol–water partition coefficient (Wildman–Crippen LogP) is 2.27. The first kappa shape index (κ1) is 13.2. The van der Waals surface area contributed by atoms with Gasteiger partial charge in [-0.3, -0.25) is 4.89 Å². The van der Waals surface area contributed by atoms with Gasteiger partial charge in [0.05, 0.1) is 17.7 Å². The number of unbranched alkanes of at least 4 members (excludes halogenated alkanes) is 1. The molecule has 0 aliphatic heterocycles. The Morgan fingerprint density at radius 1 is 1.18 bits per heavy atom. The number of benzene rings is 1. The van der Waals surface area contributed by atoms with Gasteiger partial charge in [0.15, 0.2) is 0 Å². The van der Waals surface area contributed by atoms with Crippen LogP contribution in [0.3, 0.4) is 0 Å². The summed E-state index contributed by atoms with van der Waals surface area (Å²) in [5.74, 6) is -1.58. The van der Waals surface area contributed by atoms with Gasteiger partial charge in [-0.15, -0.1) is 0 Å². The summed E-state index contributed by atoms with van der Waals surface area (Å²) in [4.78, 5) is 26.4. The van der Waals surface area contributed by atoms with Crippen molar-refractivity contribution in [1.82, 2.24) is 0 Å². The average Bonchev–Trinajstić information content (AvgIpc) is 2.38. The fourth-order valence-electron chi connectivity index (χ4n) is 1.28. The van der Waals surface area contributed by atoms with E-state index in [2.05, 4.69) is 4.89 Å². The van der Waals surface area contributed by atoms with E-state index in [1.165, 1.54) is 12.1 Å². The van der Waals surface area contributed by atoms with Crippen LogP contribution in [0.1, 0.15) is 40.5 Å². The molecule has 5 nitrogen and oxygen atoms in total. The quantitative estimate of drug-likeness (QED) is 0.368. The minimum absolute atomic E-state index is 0.0171. The topological polar surface area (TPSA) is 72.8 Å². The highest BCUT2D eigenvalue weighted by molar-refractivity contribution is 6.02. The lowest BCUT2D eigenvalue weighted by Crippen LogP contribution is -2.13. The second-order valence-corrected chi connectivity index (χ2v) is 3.41. The average molecular weight is 238 g/mol. The predicted molar refractivity (Wildman–Crippen MR) is 59.7 cm³/mol. The van der Waals surface area contributed by atoms with Gasteiger partial charge < -0.3 is 4.74 Å². The molecule has 1 aromatic rings. The van der Waals surface area contributed by atoms with Gasteiger partial charge in [-0.05, 0) is 18.6 Å².